The van der Waals surface area contributed by atoms with Crippen molar-refractivity contribution in [3.63, 3.8) is 0 Å². The van der Waals surface area contributed by atoms with E-state index in [0.29, 0.717) is 37.2 Å². The van der Waals surface area contributed by atoms with Gasteiger partial charge in [0.25, 0.3) is 5.91 Å². The van der Waals surface area contributed by atoms with E-state index in [2.05, 4.69) is 44.4 Å². The van der Waals surface area contributed by atoms with Gasteiger partial charge in [0.2, 0.25) is 5.91 Å². The lowest BCUT2D eigenvalue weighted by Gasteiger charge is -2.35. The highest BCUT2D eigenvalue weighted by Crippen LogP contribution is 2.66. The van der Waals surface area contributed by atoms with Gasteiger partial charge in [0, 0.05) is 72.9 Å². The maximum atomic E-state index is 14.8. The van der Waals surface area contributed by atoms with E-state index in [-0.39, 0.29) is 29.7 Å². The smallest absolute Gasteiger partial charge is 0.304 e. The number of aromatic nitrogens is 1. The summed E-state index contributed by atoms with van der Waals surface area (Å²) in [6.45, 7) is 3.17. The number of carbonyl (C=O) groups excluding carboxylic acids is 2. The number of fused-ring (bicyclic) bond motifs is 9. The van der Waals surface area contributed by atoms with Crippen molar-refractivity contribution in [1.29, 1.82) is 0 Å². The van der Waals surface area contributed by atoms with Gasteiger partial charge in [0.1, 0.15) is 5.76 Å². The van der Waals surface area contributed by atoms with E-state index in [9.17, 15) is 18.0 Å². The minimum absolute atomic E-state index is 0.0886. The largest absolute Gasteiger partial charge is 0.497 e. The molecule has 7 aliphatic rings. The molecule has 6 atom stereocenters. The van der Waals surface area contributed by atoms with Gasteiger partial charge < -0.3 is 14.2 Å². The van der Waals surface area contributed by atoms with Crippen molar-refractivity contribution in [2.45, 2.75) is 81.8 Å². The molecule has 4 aliphatic heterocycles. The summed E-state index contributed by atoms with van der Waals surface area (Å²) in [6.07, 6.45) is 15.2. The third kappa shape index (κ3) is 4.51. The van der Waals surface area contributed by atoms with Crippen LogP contribution >= 0.6 is 0 Å². The van der Waals surface area contributed by atoms with Crippen LogP contribution in [0.2, 0.25) is 0 Å². The second-order valence-corrected chi connectivity index (χ2v) is 17.0. The molecule has 5 heterocycles. The van der Waals surface area contributed by atoms with Crippen molar-refractivity contribution < 1.29 is 22.7 Å². The number of nitrogens with one attached hydrogen (secondary N) is 1. The summed E-state index contributed by atoms with van der Waals surface area (Å²) in [4.78, 5) is 32.9. The van der Waals surface area contributed by atoms with Gasteiger partial charge >= 0.3 is 10.2 Å². The van der Waals surface area contributed by atoms with E-state index in [1.807, 2.05) is 12.1 Å². The molecule has 9 rings (SSSR count). The molecule has 0 radical (unpaired) electrons. The highest BCUT2D eigenvalue weighted by atomic mass is 32.2. The first-order valence-electron chi connectivity index (χ1n) is 17.6. The third-order valence-electron chi connectivity index (χ3n) is 12.8. The summed E-state index contributed by atoms with van der Waals surface area (Å²) >= 11 is 0. The van der Waals surface area contributed by atoms with Crippen molar-refractivity contribution >= 4 is 32.9 Å². The second-order valence-electron chi connectivity index (χ2n) is 15.3. The van der Waals surface area contributed by atoms with Crippen LogP contribution in [0.1, 0.15) is 84.8 Å². The number of benzene rings is 1. The van der Waals surface area contributed by atoms with Crippen molar-refractivity contribution in [3.05, 3.63) is 59.0 Å². The van der Waals surface area contributed by atoms with Crippen LogP contribution in [0.4, 0.5) is 0 Å². The molecule has 47 heavy (non-hydrogen) atoms. The number of rotatable bonds is 6. The molecular formula is C36H45N5O5S. The second kappa shape index (κ2) is 10.7. The van der Waals surface area contributed by atoms with E-state index >= 15 is 0 Å². The molecule has 1 N–H and O–H groups in total. The molecule has 10 nitrogen and oxygen atoms in total. The van der Waals surface area contributed by atoms with Crippen molar-refractivity contribution in [3.8, 4) is 0 Å². The SMILES string of the molecule is COC1=CC2C(C=C1)c1c(C3CCCCC3)c3ccc(C(=O)NS(=O)(=O)N4CCC4)cc3n1CC1(C(=O)N3C[C@@H]4C[C@H]3CN4C)CC21. The van der Waals surface area contributed by atoms with Crippen LogP contribution < -0.4 is 4.72 Å². The predicted molar refractivity (Wildman–Crippen MR) is 178 cm³/mol. The van der Waals surface area contributed by atoms with Gasteiger partial charge in [-0.1, -0.05) is 31.4 Å². The number of carbonyl (C=O) groups is 2. The molecule has 11 heteroatoms. The van der Waals surface area contributed by atoms with Gasteiger partial charge in [-0.2, -0.15) is 12.7 Å². The van der Waals surface area contributed by atoms with Gasteiger partial charge in [-0.25, -0.2) is 4.72 Å². The fourth-order valence-corrected chi connectivity index (χ4v) is 11.3. The van der Waals surface area contributed by atoms with Gasteiger partial charge in [0.15, 0.2) is 0 Å². The van der Waals surface area contributed by atoms with E-state index in [1.165, 1.54) is 34.8 Å². The summed E-state index contributed by atoms with van der Waals surface area (Å²) in [6, 6.07) is 6.41. The highest BCUT2D eigenvalue weighted by molar-refractivity contribution is 7.87. The zero-order valence-electron chi connectivity index (χ0n) is 27.4. The summed E-state index contributed by atoms with van der Waals surface area (Å²) in [5, 5.41) is 1.13. The van der Waals surface area contributed by atoms with Gasteiger partial charge in [-0.15, -0.1) is 0 Å². The number of allylic oxidation sites excluding steroid dienone is 3. The molecule has 250 valence electrons. The Morgan fingerprint density at radius 1 is 1.04 bits per heavy atom. The highest BCUT2D eigenvalue weighted by Gasteiger charge is 2.67. The maximum absolute atomic E-state index is 14.8. The number of hydrogen-bond donors (Lipinski definition) is 1. The molecule has 0 spiro atoms. The minimum atomic E-state index is -3.88. The van der Waals surface area contributed by atoms with Crippen LogP contribution in [0.3, 0.4) is 0 Å². The fraction of sp³-hybridized carbons (Fsp3) is 0.611. The zero-order valence-corrected chi connectivity index (χ0v) is 28.2. The molecule has 2 bridgehead atoms. The Kier molecular flexibility index (Phi) is 6.80. The molecule has 3 saturated heterocycles. The number of hydrogen-bond acceptors (Lipinski definition) is 6. The zero-order chi connectivity index (χ0) is 32.2. The first-order valence-corrected chi connectivity index (χ1v) is 19.1. The lowest BCUT2D eigenvalue weighted by Crippen LogP contribution is -2.50. The summed E-state index contributed by atoms with van der Waals surface area (Å²) in [5.41, 5.74) is 3.37. The molecular weight excluding hydrogens is 614 g/mol. The maximum Gasteiger partial charge on any atom is 0.304 e. The first-order chi connectivity index (χ1) is 22.7. The Bertz CT molecular complexity index is 1840. The van der Waals surface area contributed by atoms with E-state index in [1.54, 1.807) is 13.2 Å². The number of methoxy groups -OCH3 is 1. The fourth-order valence-electron chi connectivity index (χ4n) is 10.1. The van der Waals surface area contributed by atoms with Crippen LogP contribution in [-0.4, -0.2) is 91.3 Å². The number of nitrogens with zero attached hydrogens (tertiary/aromatic N) is 4. The van der Waals surface area contributed by atoms with Crippen LogP contribution in [-0.2, 0) is 26.3 Å². The monoisotopic (exact) mass is 659 g/mol. The molecule has 4 unspecified atom stereocenters. The van der Waals surface area contributed by atoms with Gasteiger partial charge in [-0.3, -0.25) is 14.5 Å². The van der Waals surface area contributed by atoms with Crippen molar-refractivity contribution in [2.75, 3.05) is 40.3 Å². The Morgan fingerprint density at radius 3 is 2.53 bits per heavy atom. The number of piperazine rings is 1. The Hall–Kier alpha value is -3.15. The Morgan fingerprint density at radius 2 is 1.85 bits per heavy atom. The topological polar surface area (TPSA) is 104 Å². The number of likely N-dealkylation sites (N-methyl/N-ethyl adjacent to an activating group) is 1. The Balaban J connectivity index is 1.19. The van der Waals surface area contributed by atoms with Gasteiger partial charge in [-0.05, 0) is 86.8 Å². The van der Waals surface area contributed by atoms with Crippen LogP contribution in [0.15, 0.2) is 42.2 Å². The van der Waals surface area contributed by atoms with Crippen LogP contribution in [0, 0.1) is 17.3 Å². The van der Waals surface area contributed by atoms with Crippen LogP contribution in [0.5, 0.6) is 0 Å². The summed E-state index contributed by atoms with van der Waals surface area (Å²) in [7, 11) is 0.00626. The summed E-state index contributed by atoms with van der Waals surface area (Å²) < 4.78 is 37.5. The van der Waals surface area contributed by atoms with Gasteiger partial charge in [0.05, 0.1) is 12.5 Å². The average molecular weight is 660 g/mol. The molecule has 1 aromatic heterocycles. The van der Waals surface area contributed by atoms with E-state index < -0.39 is 21.5 Å². The minimum Gasteiger partial charge on any atom is -0.497 e. The quantitative estimate of drug-likeness (QED) is 0.501. The lowest BCUT2D eigenvalue weighted by atomic mass is 9.75. The van der Waals surface area contributed by atoms with E-state index in [4.69, 9.17) is 4.74 Å². The molecule has 2 amide bonds. The average Bonchev–Trinajstić information content (AvgIpc) is 3.28. The molecule has 5 fully saturated rings. The molecule has 2 aromatic rings. The predicted octanol–water partition coefficient (Wildman–Crippen LogP) is 4.10. The van der Waals surface area contributed by atoms with Crippen LogP contribution in [0.25, 0.3) is 10.9 Å². The van der Waals surface area contributed by atoms with Crippen molar-refractivity contribution in [1.82, 2.24) is 23.4 Å². The molecule has 3 aliphatic carbocycles. The summed E-state index contributed by atoms with van der Waals surface area (Å²) in [5.74, 6) is 1.36. The first kappa shape index (κ1) is 29.9. The number of ether oxygens (including phenoxy) is 1. The van der Waals surface area contributed by atoms with E-state index in [0.717, 1.165) is 61.9 Å². The lowest BCUT2D eigenvalue weighted by molar-refractivity contribution is -0.140. The normalized spacial score (nSPS) is 33.4. The Labute approximate surface area is 276 Å². The molecule has 1 aromatic carbocycles. The number of likely N-dealkylation sites (tertiary alicyclic amines) is 2. The standard InChI is InChI=1S/C36H45N5O5S/c1-38-19-25-16-24(38)20-40(25)35(43)36-18-30(36)29-17-26(46-2)10-12-27(29)33-32(22-7-4-3-5-8-22)28-11-9-23(15-31(28)41(33)21-36)34(42)37-47(44,45)39-13-6-14-39/h9-12,15,17,22,24-25,27,29-30H,3-8,13-14,16,18-21H2,1-2H3,(H,37,42)/t24-,25-,27?,29?,30?,36?/m0/s1. The molecule has 2 saturated carbocycles. The van der Waals surface area contributed by atoms with Crippen molar-refractivity contribution in [2.24, 2.45) is 17.3 Å². The third-order valence-corrected chi connectivity index (χ3v) is 14.3. The number of amides is 2.